The van der Waals surface area contributed by atoms with Crippen molar-refractivity contribution in [3.63, 3.8) is 0 Å². The van der Waals surface area contributed by atoms with Crippen molar-refractivity contribution >= 4 is 27.0 Å². The number of alkyl halides is 1. The van der Waals surface area contributed by atoms with Crippen LogP contribution in [0.3, 0.4) is 0 Å². The Labute approximate surface area is 97.2 Å². The number of para-hydroxylation sites is 2. The fraction of sp³-hybridized carbons (Fsp3) is 0.364. The minimum Gasteiger partial charge on any atom is -0.465 e. The van der Waals surface area contributed by atoms with Gasteiger partial charge in [0.2, 0.25) is 0 Å². The van der Waals surface area contributed by atoms with Gasteiger partial charge in [-0.1, -0.05) is 28.1 Å². The van der Waals surface area contributed by atoms with Gasteiger partial charge in [0.25, 0.3) is 6.01 Å². The number of nitrogens with zero attached hydrogens (tertiary/aromatic N) is 2. The Morgan fingerprint density at radius 1 is 1.40 bits per heavy atom. The first-order chi connectivity index (χ1) is 7.36. The Balaban J connectivity index is 2.53. The standard InChI is InChI=1S/C11H13BrN2O/c1-2-15-11-13-9-5-3-4-6-10(9)14(11)8-7-12/h3-6H,2,7-8H2,1H3. The van der Waals surface area contributed by atoms with Crippen LogP contribution in [0.5, 0.6) is 6.01 Å². The Kier molecular flexibility index (Phi) is 3.26. The van der Waals surface area contributed by atoms with Gasteiger partial charge in [0, 0.05) is 11.9 Å². The van der Waals surface area contributed by atoms with Gasteiger partial charge in [-0.05, 0) is 19.1 Å². The van der Waals surface area contributed by atoms with E-state index in [0.29, 0.717) is 12.6 Å². The van der Waals surface area contributed by atoms with Crippen LogP contribution in [0.15, 0.2) is 24.3 Å². The summed E-state index contributed by atoms with van der Waals surface area (Å²) < 4.78 is 7.60. The van der Waals surface area contributed by atoms with Crippen LogP contribution in [0.4, 0.5) is 0 Å². The number of fused-ring (bicyclic) bond motifs is 1. The van der Waals surface area contributed by atoms with Crippen molar-refractivity contribution in [3.05, 3.63) is 24.3 Å². The number of halogens is 1. The molecular formula is C11H13BrN2O. The SMILES string of the molecule is CCOc1nc2ccccc2n1CCBr. The maximum absolute atomic E-state index is 5.51. The molecular weight excluding hydrogens is 256 g/mol. The van der Waals surface area contributed by atoms with E-state index in [1.54, 1.807) is 0 Å². The van der Waals surface area contributed by atoms with E-state index >= 15 is 0 Å². The number of aryl methyl sites for hydroxylation is 1. The average molecular weight is 269 g/mol. The van der Waals surface area contributed by atoms with E-state index in [2.05, 4.69) is 31.5 Å². The molecule has 1 aromatic carbocycles. The molecule has 15 heavy (non-hydrogen) atoms. The molecule has 0 amide bonds. The van der Waals surface area contributed by atoms with E-state index in [4.69, 9.17) is 4.74 Å². The first kappa shape index (κ1) is 10.5. The summed E-state index contributed by atoms with van der Waals surface area (Å²) in [6.45, 7) is 3.49. The van der Waals surface area contributed by atoms with Gasteiger partial charge in [-0.3, -0.25) is 4.57 Å². The summed E-state index contributed by atoms with van der Waals surface area (Å²) in [5, 5.41) is 0.896. The Morgan fingerprint density at radius 3 is 2.93 bits per heavy atom. The summed E-state index contributed by atoms with van der Waals surface area (Å²) in [7, 11) is 0. The van der Waals surface area contributed by atoms with Crippen LogP contribution in [-0.4, -0.2) is 21.5 Å². The molecule has 2 rings (SSSR count). The van der Waals surface area contributed by atoms with Gasteiger partial charge >= 0.3 is 0 Å². The highest BCUT2D eigenvalue weighted by Crippen LogP contribution is 2.21. The number of rotatable bonds is 4. The lowest BCUT2D eigenvalue weighted by atomic mass is 10.3. The van der Waals surface area contributed by atoms with Crippen LogP contribution in [0.2, 0.25) is 0 Å². The molecule has 0 saturated heterocycles. The second-order valence-electron chi connectivity index (χ2n) is 3.16. The summed E-state index contributed by atoms with van der Waals surface area (Å²) in [4.78, 5) is 4.44. The predicted octanol–water partition coefficient (Wildman–Crippen LogP) is 2.83. The molecule has 0 aliphatic carbocycles. The molecule has 0 saturated carbocycles. The van der Waals surface area contributed by atoms with Gasteiger partial charge in [0.1, 0.15) is 0 Å². The first-order valence-electron chi connectivity index (χ1n) is 5.01. The summed E-state index contributed by atoms with van der Waals surface area (Å²) in [6.07, 6.45) is 0. The van der Waals surface area contributed by atoms with Gasteiger partial charge in [-0.2, -0.15) is 4.98 Å². The van der Waals surface area contributed by atoms with E-state index in [1.165, 1.54) is 0 Å². The highest BCUT2D eigenvalue weighted by Gasteiger charge is 2.09. The lowest BCUT2D eigenvalue weighted by molar-refractivity contribution is 0.300. The van der Waals surface area contributed by atoms with Crippen molar-refractivity contribution in [2.45, 2.75) is 13.5 Å². The van der Waals surface area contributed by atoms with Gasteiger partial charge in [0.15, 0.2) is 0 Å². The van der Waals surface area contributed by atoms with E-state index in [-0.39, 0.29) is 0 Å². The first-order valence-corrected chi connectivity index (χ1v) is 6.13. The summed E-state index contributed by atoms with van der Waals surface area (Å²) >= 11 is 3.44. The van der Waals surface area contributed by atoms with Crippen molar-refractivity contribution in [3.8, 4) is 6.01 Å². The molecule has 0 fully saturated rings. The van der Waals surface area contributed by atoms with E-state index < -0.39 is 0 Å². The molecule has 0 bridgehead atoms. The summed E-state index contributed by atoms with van der Waals surface area (Å²) in [6, 6.07) is 8.78. The molecule has 4 heteroatoms. The minimum atomic E-state index is 0.644. The van der Waals surface area contributed by atoms with E-state index in [9.17, 15) is 0 Å². The molecule has 0 unspecified atom stereocenters. The Bertz CT molecular complexity index is 453. The maximum Gasteiger partial charge on any atom is 0.297 e. The molecule has 0 spiro atoms. The molecule has 80 valence electrons. The van der Waals surface area contributed by atoms with E-state index in [1.807, 2.05) is 25.1 Å². The number of hydrogen-bond acceptors (Lipinski definition) is 2. The zero-order valence-electron chi connectivity index (χ0n) is 8.61. The lowest BCUT2D eigenvalue weighted by Crippen LogP contribution is -2.04. The van der Waals surface area contributed by atoms with Gasteiger partial charge in [-0.15, -0.1) is 0 Å². The number of imidazole rings is 1. The number of ether oxygens (including phenoxy) is 1. The summed E-state index contributed by atoms with van der Waals surface area (Å²) in [5.41, 5.74) is 2.11. The number of hydrogen-bond donors (Lipinski definition) is 0. The van der Waals surface area contributed by atoms with Crippen LogP contribution in [0, 0.1) is 0 Å². The highest BCUT2D eigenvalue weighted by atomic mass is 79.9. The van der Waals surface area contributed by atoms with Crippen molar-refractivity contribution in [2.75, 3.05) is 11.9 Å². The van der Waals surface area contributed by atoms with Gasteiger partial charge in [-0.25, -0.2) is 0 Å². The van der Waals surface area contributed by atoms with Gasteiger partial charge < -0.3 is 4.74 Å². The fourth-order valence-corrected chi connectivity index (χ4v) is 1.95. The highest BCUT2D eigenvalue weighted by molar-refractivity contribution is 9.09. The Hall–Kier alpha value is -1.03. The topological polar surface area (TPSA) is 27.1 Å². The average Bonchev–Trinajstić information content (AvgIpc) is 2.59. The molecule has 1 heterocycles. The molecule has 1 aromatic heterocycles. The molecule has 2 aromatic rings. The second-order valence-corrected chi connectivity index (χ2v) is 3.95. The second kappa shape index (κ2) is 4.66. The molecule has 0 N–H and O–H groups in total. The molecule has 0 atom stereocenters. The molecule has 0 aliphatic rings. The third-order valence-electron chi connectivity index (χ3n) is 2.20. The smallest absolute Gasteiger partial charge is 0.297 e. The van der Waals surface area contributed by atoms with Crippen LogP contribution >= 0.6 is 15.9 Å². The minimum absolute atomic E-state index is 0.644. The third kappa shape index (κ3) is 2.00. The lowest BCUT2D eigenvalue weighted by Gasteiger charge is -2.06. The zero-order chi connectivity index (χ0) is 10.7. The monoisotopic (exact) mass is 268 g/mol. The molecule has 0 radical (unpaired) electrons. The van der Waals surface area contributed by atoms with Crippen LogP contribution < -0.4 is 4.74 Å². The zero-order valence-corrected chi connectivity index (χ0v) is 10.2. The fourth-order valence-electron chi connectivity index (χ4n) is 1.59. The largest absolute Gasteiger partial charge is 0.465 e. The normalized spacial score (nSPS) is 10.8. The van der Waals surface area contributed by atoms with Crippen LogP contribution in [-0.2, 0) is 6.54 Å². The van der Waals surface area contributed by atoms with Crippen LogP contribution in [0.1, 0.15) is 6.92 Å². The third-order valence-corrected chi connectivity index (χ3v) is 2.56. The predicted molar refractivity (Wildman–Crippen MR) is 64.7 cm³/mol. The van der Waals surface area contributed by atoms with Crippen molar-refractivity contribution in [2.24, 2.45) is 0 Å². The van der Waals surface area contributed by atoms with E-state index in [0.717, 1.165) is 22.9 Å². The van der Waals surface area contributed by atoms with Crippen molar-refractivity contribution in [1.82, 2.24) is 9.55 Å². The van der Waals surface area contributed by atoms with Crippen molar-refractivity contribution < 1.29 is 4.74 Å². The number of aromatic nitrogens is 2. The van der Waals surface area contributed by atoms with Crippen LogP contribution in [0.25, 0.3) is 11.0 Å². The maximum atomic E-state index is 5.51. The summed E-state index contributed by atoms with van der Waals surface area (Å²) in [5.74, 6) is 0. The Morgan fingerprint density at radius 2 is 2.20 bits per heavy atom. The van der Waals surface area contributed by atoms with Crippen molar-refractivity contribution in [1.29, 1.82) is 0 Å². The quantitative estimate of drug-likeness (QED) is 0.798. The molecule has 0 aliphatic heterocycles. The molecule has 3 nitrogen and oxygen atoms in total. The number of benzene rings is 1. The van der Waals surface area contributed by atoms with Gasteiger partial charge in [0.05, 0.1) is 17.6 Å².